The van der Waals surface area contributed by atoms with Crippen LogP contribution in [0.4, 0.5) is 0 Å². The molecule has 1 unspecified atom stereocenters. The van der Waals surface area contributed by atoms with Gasteiger partial charge in [0.15, 0.2) is 0 Å². The molecule has 0 aliphatic rings. The highest BCUT2D eigenvalue weighted by Crippen LogP contribution is 2.27. The topological polar surface area (TPSA) is 101 Å². The minimum Gasteiger partial charge on any atom is -0.458 e. The van der Waals surface area contributed by atoms with E-state index in [1.807, 2.05) is 60.7 Å². The number of nitrogen functional groups attached to an aromatic ring is 1. The van der Waals surface area contributed by atoms with Gasteiger partial charge in [0.1, 0.15) is 23.5 Å². The Kier molecular flexibility index (Phi) is 4.46. The summed E-state index contributed by atoms with van der Waals surface area (Å²) in [7, 11) is 1.79. The van der Waals surface area contributed by atoms with Gasteiger partial charge in [-0.3, -0.25) is 10.7 Å². The van der Waals surface area contributed by atoms with Gasteiger partial charge in [-0.2, -0.15) is 0 Å². The summed E-state index contributed by atoms with van der Waals surface area (Å²) in [5.41, 5.74) is 15.2. The summed E-state index contributed by atoms with van der Waals surface area (Å²) in [5, 5.41) is 10.4. The van der Waals surface area contributed by atoms with E-state index >= 15 is 0 Å². The molecule has 5 nitrogen and oxygen atoms in total. The van der Waals surface area contributed by atoms with Crippen LogP contribution in [0.1, 0.15) is 17.5 Å². The summed E-state index contributed by atoms with van der Waals surface area (Å²) in [6.45, 7) is 0. The van der Waals surface area contributed by atoms with Crippen LogP contribution in [0, 0.1) is 5.41 Å². The maximum absolute atomic E-state index is 7.43. The van der Waals surface area contributed by atoms with Gasteiger partial charge < -0.3 is 15.9 Å². The molecule has 1 heterocycles. The van der Waals surface area contributed by atoms with Crippen LogP contribution in [-0.4, -0.2) is 12.9 Å². The van der Waals surface area contributed by atoms with Crippen LogP contribution < -0.4 is 16.8 Å². The molecule has 122 valence electrons. The fourth-order valence-electron chi connectivity index (χ4n) is 2.49. The van der Waals surface area contributed by atoms with Gasteiger partial charge >= 0.3 is 0 Å². The molecule has 0 amide bonds. The van der Waals surface area contributed by atoms with Crippen molar-refractivity contribution < 1.29 is 4.42 Å². The number of nitrogens with two attached hydrogens (primary N) is 2. The summed E-state index contributed by atoms with van der Waals surface area (Å²) < 4.78 is 5.79. The third-order valence-electron chi connectivity index (χ3n) is 3.94. The Bertz CT molecular complexity index is 835. The molecule has 0 radical (unpaired) electrons. The van der Waals surface area contributed by atoms with Crippen LogP contribution in [0.15, 0.2) is 65.1 Å². The van der Waals surface area contributed by atoms with E-state index in [9.17, 15) is 0 Å². The summed E-state index contributed by atoms with van der Waals surface area (Å²) >= 11 is 0. The van der Waals surface area contributed by atoms with Crippen LogP contribution in [0.5, 0.6) is 0 Å². The Labute approximate surface area is 140 Å². The second kappa shape index (κ2) is 6.70. The maximum atomic E-state index is 7.43. The monoisotopic (exact) mass is 320 g/mol. The SMILES string of the molecule is CNC(N)c1ccc(-c2ccc(-c3ccc(C(=N)N)cc3)cc2)o1. The maximum Gasteiger partial charge on any atom is 0.135 e. The van der Waals surface area contributed by atoms with E-state index in [4.69, 9.17) is 21.3 Å². The lowest BCUT2D eigenvalue weighted by Gasteiger charge is -2.06. The highest BCUT2D eigenvalue weighted by molar-refractivity contribution is 5.95. The molecule has 0 aliphatic carbocycles. The first kappa shape index (κ1) is 16.0. The summed E-state index contributed by atoms with van der Waals surface area (Å²) in [6, 6.07) is 19.5. The fourth-order valence-corrected chi connectivity index (χ4v) is 2.49. The Morgan fingerprint density at radius 1 is 0.917 bits per heavy atom. The van der Waals surface area contributed by atoms with Crippen LogP contribution in [-0.2, 0) is 0 Å². The van der Waals surface area contributed by atoms with Crippen LogP contribution >= 0.6 is 0 Å². The summed E-state index contributed by atoms with van der Waals surface area (Å²) in [4.78, 5) is 0. The molecule has 0 aliphatic heterocycles. The Hall–Kier alpha value is -2.89. The Morgan fingerprint density at radius 2 is 1.46 bits per heavy atom. The standard InChI is InChI=1S/C19H20N4O/c1-23-19(22)17-11-10-16(24-17)14-6-2-12(3-7-14)13-4-8-15(9-5-13)18(20)21/h2-11,19,23H,22H2,1H3,(H3,20,21). The molecular formula is C19H20N4O. The molecule has 0 spiro atoms. The van der Waals surface area contributed by atoms with Crippen LogP contribution in [0.2, 0.25) is 0 Å². The number of hydrogen-bond acceptors (Lipinski definition) is 4. The number of furan rings is 1. The first-order valence-electron chi connectivity index (χ1n) is 7.66. The molecule has 3 aromatic rings. The minimum atomic E-state index is -0.308. The fraction of sp³-hybridized carbons (Fsp3) is 0.105. The van der Waals surface area contributed by atoms with Gasteiger partial charge in [0.25, 0.3) is 0 Å². The third-order valence-corrected chi connectivity index (χ3v) is 3.94. The lowest BCUT2D eigenvalue weighted by molar-refractivity contribution is 0.447. The molecule has 5 heteroatoms. The molecule has 0 saturated carbocycles. The first-order valence-corrected chi connectivity index (χ1v) is 7.66. The van der Waals surface area contributed by atoms with Crippen molar-refractivity contribution in [3.63, 3.8) is 0 Å². The second-order valence-corrected chi connectivity index (χ2v) is 5.54. The number of hydrogen-bond donors (Lipinski definition) is 4. The molecule has 1 aromatic heterocycles. The average molecular weight is 320 g/mol. The van der Waals surface area contributed by atoms with E-state index in [1.165, 1.54) is 0 Å². The van der Waals surface area contributed by atoms with E-state index in [0.29, 0.717) is 5.76 Å². The van der Waals surface area contributed by atoms with Crippen molar-refractivity contribution in [1.82, 2.24) is 5.32 Å². The van der Waals surface area contributed by atoms with Gasteiger partial charge in [0.05, 0.1) is 0 Å². The highest BCUT2D eigenvalue weighted by atomic mass is 16.3. The quantitative estimate of drug-likeness (QED) is 0.330. The summed E-state index contributed by atoms with van der Waals surface area (Å²) in [5.74, 6) is 1.57. The highest BCUT2D eigenvalue weighted by Gasteiger charge is 2.10. The molecule has 24 heavy (non-hydrogen) atoms. The minimum absolute atomic E-state index is 0.0744. The van der Waals surface area contributed by atoms with Crippen molar-refractivity contribution in [2.24, 2.45) is 11.5 Å². The molecule has 0 saturated heterocycles. The Balaban J connectivity index is 1.82. The molecule has 1 atom stereocenters. The average Bonchev–Trinajstić information content (AvgIpc) is 3.11. The molecular weight excluding hydrogens is 300 g/mol. The largest absolute Gasteiger partial charge is 0.458 e. The number of nitrogens with one attached hydrogen (secondary N) is 2. The van der Waals surface area contributed by atoms with E-state index in [0.717, 1.165) is 28.0 Å². The smallest absolute Gasteiger partial charge is 0.135 e. The number of benzene rings is 2. The van der Waals surface area contributed by atoms with Gasteiger partial charge in [0.2, 0.25) is 0 Å². The molecule has 6 N–H and O–H groups in total. The number of rotatable bonds is 5. The van der Waals surface area contributed by atoms with Gasteiger partial charge in [-0.25, -0.2) is 0 Å². The lowest BCUT2D eigenvalue weighted by Crippen LogP contribution is -2.24. The van der Waals surface area contributed by atoms with Crippen molar-refractivity contribution in [1.29, 1.82) is 5.41 Å². The van der Waals surface area contributed by atoms with Gasteiger partial charge in [-0.05, 0) is 30.3 Å². The zero-order valence-corrected chi connectivity index (χ0v) is 13.4. The van der Waals surface area contributed by atoms with Crippen molar-refractivity contribution in [3.8, 4) is 22.5 Å². The van der Waals surface area contributed by atoms with Crippen molar-refractivity contribution >= 4 is 5.84 Å². The zero-order valence-electron chi connectivity index (χ0n) is 13.4. The predicted molar refractivity (Wildman–Crippen MR) is 96.6 cm³/mol. The van der Waals surface area contributed by atoms with Crippen LogP contribution in [0.25, 0.3) is 22.5 Å². The molecule has 3 rings (SSSR count). The van der Waals surface area contributed by atoms with E-state index < -0.39 is 0 Å². The molecule has 0 bridgehead atoms. The van der Waals surface area contributed by atoms with Crippen molar-refractivity contribution in [3.05, 3.63) is 72.0 Å². The van der Waals surface area contributed by atoms with Gasteiger partial charge in [0, 0.05) is 11.1 Å². The third kappa shape index (κ3) is 3.22. The normalized spacial score (nSPS) is 12.1. The summed E-state index contributed by atoms with van der Waals surface area (Å²) in [6.07, 6.45) is -0.308. The Morgan fingerprint density at radius 3 is 2.00 bits per heavy atom. The van der Waals surface area contributed by atoms with Crippen LogP contribution in [0.3, 0.4) is 0 Å². The lowest BCUT2D eigenvalue weighted by atomic mass is 10.0. The van der Waals surface area contributed by atoms with E-state index in [-0.39, 0.29) is 12.0 Å². The van der Waals surface area contributed by atoms with E-state index in [2.05, 4.69) is 5.32 Å². The van der Waals surface area contributed by atoms with Gasteiger partial charge in [-0.15, -0.1) is 0 Å². The van der Waals surface area contributed by atoms with E-state index in [1.54, 1.807) is 7.05 Å². The zero-order chi connectivity index (χ0) is 17.1. The predicted octanol–water partition coefficient (Wildman–Crippen LogP) is 3.07. The second-order valence-electron chi connectivity index (χ2n) is 5.54. The van der Waals surface area contributed by atoms with Gasteiger partial charge in [-0.1, -0.05) is 48.5 Å². The van der Waals surface area contributed by atoms with Crippen molar-refractivity contribution in [2.45, 2.75) is 6.17 Å². The molecule has 0 fully saturated rings. The first-order chi connectivity index (χ1) is 11.6. The molecule has 2 aromatic carbocycles. The van der Waals surface area contributed by atoms with Crippen molar-refractivity contribution in [2.75, 3.05) is 7.05 Å². The number of amidine groups is 1.